The van der Waals surface area contributed by atoms with Gasteiger partial charge in [0.15, 0.2) is 0 Å². The van der Waals surface area contributed by atoms with Crippen LogP contribution in [0.25, 0.3) is 0 Å². The van der Waals surface area contributed by atoms with E-state index in [1.54, 1.807) is 13.2 Å². The normalized spacial score (nSPS) is 14.2. The maximum absolute atomic E-state index is 5.58. The number of methoxy groups -OCH3 is 1. The maximum Gasteiger partial charge on any atom is 0.225 e. The van der Waals surface area contributed by atoms with E-state index in [4.69, 9.17) is 10.5 Å². The Balaban J connectivity index is 2.76. The van der Waals surface area contributed by atoms with Crippen molar-refractivity contribution in [3.8, 4) is 5.88 Å². The predicted molar refractivity (Wildman–Crippen MR) is 65.5 cm³/mol. The van der Waals surface area contributed by atoms with Crippen molar-refractivity contribution in [3.05, 3.63) is 6.07 Å². The van der Waals surface area contributed by atoms with E-state index < -0.39 is 0 Å². The lowest BCUT2D eigenvalue weighted by Gasteiger charge is -2.20. The summed E-state index contributed by atoms with van der Waals surface area (Å²) in [5, 5.41) is 3.30. The molecule has 5 nitrogen and oxygen atoms in total. The van der Waals surface area contributed by atoms with Crippen LogP contribution in [0.4, 0.5) is 11.8 Å². The molecule has 0 aromatic carbocycles. The summed E-state index contributed by atoms with van der Waals surface area (Å²) in [7, 11) is 1.56. The second-order valence-electron chi connectivity index (χ2n) is 3.97. The largest absolute Gasteiger partial charge is 0.481 e. The van der Waals surface area contributed by atoms with Crippen LogP contribution in [-0.4, -0.2) is 23.1 Å². The van der Waals surface area contributed by atoms with Gasteiger partial charge >= 0.3 is 0 Å². The van der Waals surface area contributed by atoms with Crippen molar-refractivity contribution in [3.63, 3.8) is 0 Å². The minimum atomic E-state index is 0.221. The van der Waals surface area contributed by atoms with Gasteiger partial charge in [0.2, 0.25) is 11.8 Å². The van der Waals surface area contributed by atoms with Crippen LogP contribution in [0.2, 0.25) is 0 Å². The summed E-state index contributed by atoms with van der Waals surface area (Å²) >= 11 is 0. The Morgan fingerprint density at radius 2 is 2.12 bits per heavy atom. The van der Waals surface area contributed by atoms with Crippen molar-refractivity contribution in [2.24, 2.45) is 5.92 Å². The molecule has 0 saturated carbocycles. The number of anilines is 2. The van der Waals surface area contributed by atoms with E-state index in [2.05, 4.69) is 36.1 Å². The lowest BCUT2D eigenvalue weighted by Crippen LogP contribution is -2.24. The first-order chi connectivity index (χ1) is 7.56. The Bertz CT molecular complexity index is 343. The number of hydrogen-bond donors (Lipinski definition) is 2. The number of nitrogens with two attached hydrogens (primary N) is 1. The van der Waals surface area contributed by atoms with Crippen molar-refractivity contribution in [2.45, 2.75) is 33.2 Å². The third kappa shape index (κ3) is 3.25. The van der Waals surface area contributed by atoms with Crippen molar-refractivity contribution in [1.29, 1.82) is 0 Å². The van der Waals surface area contributed by atoms with Gasteiger partial charge in [0, 0.05) is 12.1 Å². The molecule has 0 fully saturated rings. The van der Waals surface area contributed by atoms with Crippen molar-refractivity contribution < 1.29 is 4.74 Å². The fourth-order valence-electron chi connectivity index (χ4n) is 1.35. The average molecular weight is 224 g/mol. The van der Waals surface area contributed by atoms with Gasteiger partial charge in [0.1, 0.15) is 5.82 Å². The number of ether oxygens (including phenoxy) is 1. The summed E-state index contributed by atoms with van der Waals surface area (Å²) in [6.07, 6.45) is 1.12. The van der Waals surface area contributed by atoms with Gasteiger partial charge in [-0.2, -0.15) is 9.97 Å². The molecular weight excluding hydrogens is 204 g/mol. The molecule has 2 atom stereocenters. The topological polar surface area (TPSA) is 73.1 Å². The molecule has 0 aliphatic carbocycles. The summed E-state index contributed by atoms with van der Waals surface area (Å²) in [6.45, 7) is 6.48. The van der Waals surface area contributed by atoms with Gasteiger partial charge in [-0.1, -0.05) is 20.3 Å². The number of nitrogens with zero attached hydrogens (tertiary/aromatic N) is 2. The quantitative estimate of drug-likeness (QED) is 0.799. The predicted octanol–water partition coefficient (Wildman–Crippen LogP) is 1.91. The fourth-order valence-corrected chi connectivity index (χ4v) is 1.35. The summed E-state index contributed by atoms with van der Waals surface area (Å²) in [4.78, 5) is 8.04. The number of aromatic nitrogens is 2. The zero-order valence-corrected chi connectivity index (χ0v) is 10.3. The zero-order chi connectivity index (χ0) is 12.1. The molecule has 0 saturated heterocycles. The summed E-state index contributed by atoms with van der Waals surface area (Å²) in [5.74, 6) is 1.98. The van der Waals surface area contributed by atoms with Crippen LogP contribution in [0.1, 0.15) is 27.2 Å². The summed E-state index contributed by atoms with van der Waals surface area (Å²) in [6, 6.07) is 2.08. The average Bonchev–Trinajstić information content (AvgIpc) is 2.26. The van der Waals surface area contributed by atoms with Crippen LogP contribution in [0.3, 0.4) is 0 Å². The molecule has 0 amide bonds. The summed E-state index contributed by atoms with van der Waals surface area (Å²) < 4.78 is 5.03. The smallest absolute Gasteiger partial charge is 0.225 e. The van der Waals surface area contributed by atoms with Gasteiger partial charge in [0.05, 0.1) is 7.11 Å². The maximum atomic E-state index is 5.58. The highest BCUT2D eigenvalue weighted by Gasteiger charge is 2.11. The minimum absolute atomic E-state index is 0.221. The zero-order valence-electron chi connectivity index (χ0n) is 10.3. The second kappa shape index (κ2) is 5.53. The van der Waals surface area contributed by atoms with E-state index >= 15 is 0 Å². The lowest BCUT2D eigenvalue weighted by molar-refractivity contribution is 0.397. The highest BCUT2D eigenvalue weighted by Crippen LogP contribution is 2.17. The number of nitrogens with one attached hydrogen (secondary N) is 1. The lowest BCUT2D eigenvalue weighted by atomic mass is 10.0. The molecule has 1 aromatic heterocycles. The monoisotopic (exact) mass is 224 g/mol. The Labute approximate surface area is 96.4 Å². The van der Waals surface area contributed by atoms with Crippen LogP contribution in [0, 0.1) is 5.92 Å². The standard InChI is InChI=1S/C11H20N4O/c1-5-7(2)8(3)13-9-6-10(16-4)15-11(12)14-9/h6-8H,5H2,1-4H3,(H3,12,13,14,15). The number of rotatable bonds is 5. The molecule has 0 spiro atoms. The Morgan fingerprint density at radius 3 is 2.69 bits per heavy atom. The molecule has 2 unspecified atom stereocenters. The SMILES string of the molecule is CCC(C)C(C)Nc1cc(OC)nc(N)n1. The van der Waals surface area contributed by atoms with E-state index in [0.29, 0.717) is 23.7 Å². The molecule has 5 heteroatoms. The van der Waals surface area contributed by atoms with Crippen molar-refractivity contribution >= 4 is 11.8 Å². The molecular formula is C11H20N4O. The first-order valence-electron chi connectivity index (χ1n) is 5.51. The third-order valence-corrected chi connectivity index (χ3v) is 2.80. The van der Waals surface area contributed by atoms with E-state index in [-0.39, 0.29) is 5.95 Å². The van der Waals surface area contributed by atoms with E-state index in [0.717, 1.165) is 6.42 Å². The molecule has 1 heterocycles. The van der Waals surface area contributed by atoms with E-state index in [1.165, 1.54) is 0 Å². The molecule has 3 N–H and O–H groups in total. The highest BCUT2D eigenvalue weighted by atomic mass is 16.5. The molecule has 0 aliphatic rings. The van der Waals surface area contributed by atoms with Crippen LogP contribution in [0.5, 0.6) is 5.88 Å². The molecule has 0 radical (unpaired) electrons. The number of nitrogen functional groups attached to an aromatic ring is 1. The molecule has 0 bridgehead atoms. The Morgan fingerprint density at radius 1 is 1.44 bits per heavy atom. The van der Waals surface area contributed by atoms with Crippen LogP contribution in [0.15, 0.2) is 6.07 Å². The molecule has 90 valence electrons. The molecule has 16 heavy (non-hydrogen) atoms. The first-order valence-corrected chi connectivity index (χ1v) is 5.51. The van der Waals surface area contributed by atoms with Gasteiger partial charge in [-0.15, -0.1) is 0 Å². The molecule has 1 rings (SSSR count). The van der Waals surface area contributed by atoms with Gasteiger partial charge < -0.3 is 15.8 Å². The van der Waals surface area contributed by atoms with Crippen LogP contribution in [-0.2, 0) is 0 Å². The van der Waals surface area contributed by atoms with Gasteiger partial charge in [-0.05, 0) is 12.8 Å². The van der Waals surface area contributed by atoms with Gasteiger partial charge in [0.25, 0.3) is 0 Å². The first kappa shape index (κ1) is 12.5. The van der Waals surface area contributed by atoms with Gasteiger partial charge in [-0.3, -0.25) is 0 Å². The molecule has 0 aliphatic heterocycles. The highest BCUT2D eigenvalue weighted by molar-refractivity contribution is 5.43. The second-order valence-corrected chi connectivity index (χ2v) is 3.97. The van der Waals surface area contributed by atoms with Crippen molar-refractivity contribution in [1.82, 2.24) is 9.97 Å². The summed E-state index contributed by atoms with van der Waals surface area (Å²) in [5.41, 5.74) is 5.58. The Hall–Kier alpha value is -1.52. The van der Waals surface area contributed by atoms with Gasteiger partial charge in [-0.25, -0.2) is 0 Å². The van der Waals surface area contributed by atoms with E-state index in [1.807, 2.05) is 0 Å². The third-order valence-electron chi connectivity index (χ3n) is 2.80. The van der Waals surface area contributed by atoms with Crippen molar-refractivity contribution in [2.75, 3.05) is 18.2 Å². The van der Waals surface area contributed by atoms with Crippen LogP contribution >= 0.6 is 0 Å². The molecule has 1 aromatic rings. The van der Waals surface area contributed by atoms with Crippen LogP contribution < -0.4 is 15.8 Å². The minimum Gasteiger partial charge on any atom is -0.481 e. The Kier molecular flexibility index (Phi) is 4.34. The van der Waals surface area contributed by atoms with E-state index in [9.17, 15) is 0 Å². The fraction of sp³-hybridized carbons (Fsp3) is 0.636. The number of hydrogen-bond acceptors (Lipinski definition) is 5.